The van der Waals surface area contributed by atoms with Crippen LogP contribution in [0.1, 0.15) is 26.2 Å². The highest BCUT2D eigenvalue weighted by atomic mass is 16.5. The van der Waals surface area contributed by atoms with Crippen molar-refractivity contribution in [2.75, 3.05) is 13.7 Å². The van der Waals surface area contributed by atoms with E-state index < -0.39 is 12.0 Å². The zero-order chi connectivity index (χ0) is 12.6. The van der Waals surface area contributed by atoms with Gasteiger partial charge in [0.1, 0.15) is 6.04 Å². The topological polar surface area (TPSA) is 102 Å². The Balaban J connectivity index is 4.13. The van der Waals surface area contributed by atoms with E-state index in [4.69, 9.17) is 15.6 Å². The van der Waals surface area contributed by atoms with E-state index >= 15 is 0 Å². The third kappa shape index (κ3) is 5.67. The molecule has 0 fully saturated rings. The Labute approximate surface area is 95.1 Å². The van der Waals surface area contributed by atoms with Crippen molar-refractivity contribution in [3.05, 3.63) is 0 Å². The summed E-state index contributed by atoms with van der Waals surface area (Å²) in [5, 5.41) is 11.3. The van der Waals surface area contributed by atoms with Crippen molar-refractivity contribution in [3.8, 4) is 0 Å². The first-order chi connectivity index (χ1) is 7.54. The molecule has 2 atom stereocenters. The molecule has 0 saturated carbocycles. The Morgan fingerprint density at radius 1 is 1.50 bits per heavy atom. The van der Waals surface area contributed by atoms with Gasteiger partial charge >= 0.3 is 5.97 Å². The lowest BCUT2D eigenvalue weighted by Crippen LogP contribution is -2.42. The molecule has 0 aliphatic rings. The molecule has 0 aliphatic heterocycles. The summed E-state index contributed by atoms with van der Waals surface area (Å²) in [6, 6.07) is -0.826. The summed E-state index contributed by atoms with van der Waals surface area (Å²) in [5.41, 5.74) is 5.36. The fourth-order valence-electron chi connectivity index (χ4n) is 1.27. The van der Waals surface area contributed by atoms with Crippen LogP contribution in [0.3, 0.4) is 0 Å². The molecule has 0 spiro atoms. The van der Waals surface area contributed by atoms with Gasteiger partial charge in [0.05, 0.1) is 12.5 Å². The van der Waals surface area contributed by atoms with E-state index in [1.165, 1.54) is 7.11 Å². The molecular weight excluding hydrogens is 212 g/mol. The maximum Gasteiger partial charge on any atom is 0.326 e. The van der Waals surface area contributed by atoms with Gasteiger partial charge < -0.3 is 20.9 Å². The van der Waals surface area contributed by atoms with E-state index in [1.807, 2.05) is 6.92 Å². The second-order valence-electron chi connectivity index (χ2n) is 3.54. The number of carbonyl (C=O) groups excluding carboxylic acids is 1. The maximum absolute atomic E-state index is 11.5. The maximum atomic E-state index is 11.5. The van der Waals surface area contributed by atoms with Gasteiger partial charge in [-0.25, -0.2) is 4.79 Å². The van der Waals surface area contributed by atoms with Crippen molar-refractivity contribution in [1.82, 2.24) is 5.32 Å². The van der Waals surface area contributed by atoms with Crippen LogP contribution in [0.5, 0.6) is 0 Å². The molecule has 0 heterocycles. The molecule has 1 amide bonds. The molecular formula is C10H20N2O4. The Morgan fingerprint density at radius 3 is 2.50 bits per heavy atom. The second kappa shape index (κ2) is 8.06. The lowest BCUT2D eigenvalue weighted by atomic mass is 10.1. The number of ether oxygens (including phenoxy) is 1. The zero-order valence-corrected chi connectivity index (χ0v) is 9.73. The highest BCUT2D eigenvalue weighted by Gasteiger charge is 2.20. The van der Waals surface area contributed by atoms with Crippen molar-refractivity contribution in [1.29, 1.82) is 0 Å². The predicted octanol–water partition coefficient (Wildman–Crippen LogP) is -0.280. The molecule has 0 aromatic carbocycles. The smallest absolute Gasteiger partial charge is 0.326 e. The molecule has 0 rings (SSSR count). The van der Waals surface area contributed by atoms with Crippen LogP contribution in [0, 0.1) is 0 Å². The number of carboxylic acids is 1. The Bertz CT molecular complexity index is 229. The highest BCUT2D eigenvalue weighted by molar-refractivity contribution is 5.83. The molecule has 0 aromatic heterocycles. The average Bonchev–Trinajstić information content (AvgIpc) is 2.25. The minimum absolute atomic E-state index is 0.0838. The molecule has 0 radical (unpaired) electrons. The number of amides is 1. The van der Waals surface area contributed by atoms with Gasteiger partial charge in [-0.1, -0.05) is 13.3 Å². The first-order valence-corrected chi connectivity index (χ1v) is 5.30. The van der Waals surface area contributed by atoms with E-state index in [2.05, 4.69) is 5.32 Å². The van der Waals surface area contributed by atoms with Gasteiger partial charge in [-0.05, 0) is 6.42 Å². The summed E-state index contributed by atoms with van der Waals surface area (Å²) < 4.78 is 4.94. The van der Waals surface area contributed by atoms with Crippen molar-refractivity contribution in [2.24, 2.45) is 5.73 Å². The summed E-state index contributed by atoms with van der Waals surface area (Å²) in [5.74, 6) is -1.37. The number of carboxylic acid groups (broad SMARTS) is 1. The van der Waals surface area contributed by atoms with Gasteiger partial charge in [0.15, 0.2) is 0 Å². The molecule has 1 unspecified atom stereocenters. The van der Waals surface area contributed by atoms with Crippen LogP contribution in [-0.2, 0) is 14.3 Å². The molecule has 4 N–H and O–H groups in total. The van der Waals surface area contributed by atoms with E-state index in [-0.39, 0.29) is 25.0 Å². The van der Waals surface area contributed by atoms with Crippen LogP contribution in [0.15, 0.2) is 0 Å². The number of carbonyl (C=O) groups is 2. The number of hydrogen-bond donors (Lipinski definition) is 3. The number of nitrogens with two attached hydrogens (primary N) is 1. The minimum Gasteiger partial charge on any atom is -0.480 e. The summed E-state index contributed by atoms with van der Waals surface area (Å²) in [6.45, 7) is 2.09. The van der Waals surface area contributed by atoms with Crippen molar-refractivity contribution >= 4 is 11.9 Å². The zero-order valence-electron chi connectivity index (χ0n) is 9.73. The molecule has 6 nitrogen and oxygen atoms in total. The summed E-state index contributed by atoms with van der Waals surface area (Å²) in [6.07, 6.45) is 0.833. The first-order valence-electron chi connectivity index (χ1n) is 5.30. The van der Waals surface area contributed by atoms with Crippen LogP contribution in [0.2, 0.25) is 0 Å². The molecule has 16 heavy (non-hydrogen) atoms. The minimum atomic E-state index is -1.02. The molecule has 0 bridgehead atoms. The van der Waals surface area contributed by atoms with Crippen molar-refractivity contribution in [3.63, 3.8) is 0 Å². The number of nitrogens with one attached hydrogen (secondary N) is 1. The Kier molecular flexibility index (Phi) is 7.49. The highest BCUT2D eigenvalue weighted by Crippen LogP contribution is 2.00. The van der Waals surface area contributed by atoms with E-state index in [0.717, 1.165) is 0 Å². The fraction of sp³-hybridized carbons (Fsp3) is 0.800. The van der Waals surface area contributed by atoms with Crippen LogP contribution in [0.25, 0.3) is 0 Å². The van der Waals surface area contributed by atoms with Crippen molar-refractivity contribution in [2.45, 2.75) is 38.3 Å². The van der Waals surface area contributed by atoms with E-state index in [9.17, 15) is 9.59 Å². The number of hydrogen-bond acceptors (Lipinski definition) is 4. The van der Waals surface area contributed by atoms with Crippen LogP contribution in [-0.4, -0.2) is 42.8 Å². The number of methoxy groups -OCH3 is 1. The normalized spacial score (nSPS) is 14.2. The molecule has 0 aliphatic carbocycles. The SMILES string of the molecule is CCC[C@@H](NC(=O)CC(CN)OC)C(=O)O. The summed E-state index contributed by atoms with van der Waals surface area (Å²) in [7, 11) is 1.46. The third-order valence-corrected chi connectivity index (χ3v) is 2.22. The lowest BCUT2D eigenvalue weighted by molar-refractivity contribution is -0.142. The van der Waals surface area contributed by atoms with Crippen molar-refractivity contribution < 1.29 is 19.4 Å². The third-order valence-electron chi connectivity index (χ3n) is 2.22. The van der Waals surface area contributed by atoms with Gasteiger partial charge in [0, 0.05) is 13.7 Å². The van der Waals surface area contributed by atoms with E-state index in [1.54, 1.807) is 0 Å². The summed E-state index contributed by atoms with van der Waals surface area (Å²) in [4.78, 5) is 22.2. The standard InChI is InChI=1S/C10H20N2O4/c1-3-4-8(10(14)15)12-9(13)5-7(6-11)16-2/h7-8H,3-6,11H2,1-2H3,(H,12,13)(H,14,15)/t7?,8-/m1/s1. The van der Waals surface area contributed by atoms with E-state index in [0.29, 0.717) is 12.8 Å². The molecule has 6 heteroatoms. The molecule has 0 aromatic rings. The Morgan fingerprint density at radius 2 is 2.12 bits per heavy atom. The van der Waals surface area contributed by atoms with Gasteiger partial charge in [0.2, 0.25) is 5.91 Å². The van der Waals surface area contributed by atoms with Gasteiger partial charge in [0.25, 0.3) is 0 Å². The summed E-state index contributed by atoms with van der Waals surface area (Å²) >= 11 is 0. The van der Waals surface area contributed by atoms with Crippen LogP contribution < -0.4 is 11.1 Å². The van der Waals surface area contributed by atoms with Gasteiger partial charge in [-0.3, -0.25) is 4.79 Å². The average molecular weight is 232 g/mol. The Hall–Kier alpha value is -1.14. The van der Waals surface area contributed by atoms with Gasteiger partial charge in [-0.2, -0.15) is 0 Å². The fourth-order valence-corrected chi connectivity index (χ4v) is 1.27. The lowest BCUT2D eigenvalue weighted by Gasteiger charge is -2.16. The van der Waals surface area contributed by atoms with Gasteiger partial charge in [-0.15, -0.1) is 0 Å². The number of rotatable bonds is 8. The van der Waals surface area contributed by atoms with Crippen LogP contribution in [0.4, 0.5) is 0 Å². The number of aliphatic carboxylic acids is 1. The largest absolute Gasteiger partial charge is 0.480 e. The monoisotopic (exact) mass is 232 g/mol. The predicted molar refractivity (Wildman–Crippen MR) is 58.9 cm³/mol. The molecule has 94 valence electrons. The quantitative estimate of drug-likeness (QED) is 0.534. The second-order valence-corrected chi connectivity index (χ2v) is 3.54. The molecule has 0 saturated heterocycles. The van der Waals surface area contributed by atoms with Crippen LogP contribution >= 0.6 is 0 Å². The first kappa shape index (κ1) is 14.9.